The van der Waals surface area contributed by atoms with Gasteiger partial charge in [0.2, 0.25) is 5.91 Å². The van der Waals surface area contributed by atoms with Crippen molar-refractivity contribution >= 4 is 11.9 Å². The van der Waals surface area contributed by atoms with E-state index in [0.717, 1.165) is 38.0 Å². The number of amides is 1. The number of aliphatic hydroxyl groups is 2. The number of carbonyl (C=O) groups excluding carboxylic acids is 2. The van der Waals surface area contributed by atoms with E-state index in [0.29, 0.717) is 38.8 Å². The molecule has 200 valence electrons. The van der Waals surface area contributed by atoms with Crippen LogP contribution < -0.4 is 0 Å². The third-order valence-corrected chi connectivity index (χ3v) is 7.81. The second-order valence-electron chi connectivity index (χ2n) is 10.4. The molecule has 0 saturated carbocycles. The number of carbonyl (C=O) groups is 2. The number of pyridine rings is 1. The molecule has 8 nitrogen and oxygen atoms in total. The first-order valence-corrected chi connectivity index (χ1v) is 13.4. The summed E-state index contributed by atoms with van der Waals surface area (Å²) in [5.41, 5.74) is 1.54. The summed E-state index contributed by atoms with van der Waals surface area (Å²) in [4.78, 5) is 34.6. The van der Waals surface area contributed by atoms with E-state index in [9.17, 15) is 19.8 Å². The van der Waals surface area contributed by atoms with E-state index in [-0.39, 0.29) is 24.9 Å². The van der Waals surface area contributed by atoms with Gasteiger partial charge < -0.3 is 19.8 Å². The Hall–Kier alpha value is -2.81. The van der Waals surface area contributed by atoms with Crippen molar-refractivity contribution in [2.24, 2.45) is 5.41 Å². The van der Waals surface area contributed by atoms with Gasteiger partial charge in [0, 0.05) is 32.0 Å². The van der Waals surface area contributed by atoms with Crippen molar-refractivity contribution in [1.82, 2.24) is 14.8 Å². The minimum absolute atomic E-state index is 0.00854. The number of benzene rings is 1. The van der Waals surface area contributed by atoms with Gasteiger partial charge in [0.05, 0.1) is 17.9 Å². The Bertz CT molecular complexity index is 995. The zero-order valence-electron chi connectivity index (χ0n) is 21.5. The van der Waals surface area contributed by atoms with Crippen LogP contribution in [-0.2, 0) is 27.3 Å². The average molecular weight is 510 g/mol. The van der Waals surface area contributed by atoms with E-state index in [1.54, 1.807) is 17.3 Å². The summed E-state index contributed by atoms with van der Waals surface area (Å²) < 4.78 is 5.58. The Balaban J connectivity index is 1.40. The summed E-state index contributed by atoms with van der Waals surface area (Å²) in [6.07, 6.45) is 5.51. The van der Waals surface area contributed by atoms with Gasteiger partial charge in [-0.15, -0.1) is 0 Å². The number of aromatic nitrogens is 1. The lowest BCUT2D eigenvalue weighted by Crippen LogP contribution is -2.45. The minimum Gasteiger partial charge on any atom is -0.462 e. The molecule has 2 N–H and O–H groups in total. The topological polar surface area (TPSA) is 103 Å². The molecule has 2 aliphatic heterocycles. The Morgan fingerprint density at radius 3 is 2.38 bits per heavy atom. The molecular formula is C29H39N3O5. The first kappa shape index (κ1) is 27.2. The van der Waals surface area contributed by atoms with Crippen molar-refractivity contribution in [3.8, 4) is 0 Å². The predicted octanol–water partition coefficient (Wildman–Crippen LogP) is 2.57. The van der Waals surface area contributed by atoms with Crippen LogP contribution in [0.5, 0.6) is 0 Å². The van der Waals surface area contributed by atoms with Crippen LogP contribution in [0.15, 0.2) is 54.9 Å². The van der Waals surface area contributed by atoms with Crippen molar-refractivity contribution in [2.75, 3.05) is 32.8 Å². The van der Waals surface area contributed by atoms with Crippen LogP contribution >= 0.6 is 0 Å². The summed E-state index contributed by atoms with van der Waals surface area (Å²) >= 11 is 0. The summed E-state index contributed by atoms with van der Waals surface area (Å²) in [6.45, 7) is 3.06. The highest BCUT2D eigenvalue weighted by atomic mass is 16.5. The fraction of sp³-hybridized carbons (Fsp3) is 0.552. The van der Waals surface area contributed by atoms with Gasteiger partial charge in [0.25, 0.3) is 0 Å². The van der Waals surface area contributed by atoms with Crippen LogP contribution in [0, 0.1) is 5.41 Å². The second kappa shape index (κ2) is 13.1. The minimum atomic E-state index is -1.18. The molecule has 1 aromatic heterocycles. The molecule has 8 heteroatoms. The third-order valence-electron chi connectivity index (χ3n) is 7.81. The highest BCUT2D eigenvalue weighted by Crippen LogP contribution is 2.38. The zero-order valence-corrected chi connectivity index (χ0v) is 21.5. The molecule has 1 amide bonds. The number of hydrogen-bond acceptors (Lipinski definition) is 7. The molecule has 2 aliphatic rings. The molecule has 4 rings (SSSR count). The lowest BCUT2D eigenvalue weighted by Gasteiger charge is -2.40. The predicted molar refractivity (Wildman–Crippen MR) is 139 cm³/mol. The van der Waals surface area contributed by atoms with Crippen molar-refractivity contribution in [2.45, 2.75) is 63.7 Å². The van der Waals surface area contributed by atoms with Gasteiger partial charge in [-0.05, 0) is 68.5 Å². The number of ether oxygens (including phenoxy) is 1. The maximum Gasteiger partial charge on any atom is 0.312 e. The van der Waals surface area contributed by atoms with Crippen molar-refractivity contribution in [3.63, 3.8) is 0 Å². The molecular weight excluding hydrogens is 470 g/mol. The lowest BCUT2D eigenvalue weighted by molar-refractivity contribution is -0.165. The fourth-order valence-corrected chi connectivity index (χ4v) is 5.36. The molecule has 0 bridgehead atoms. The standard InChI is InChI=1S/C29H39N3O5/c33-25-10-17-32(27(35)20-23-6-2-1-3-7-23)16-5-4-11-29(28(36)37-22-26(25)34)12-18-31(19-13-29)21-24-8-14-30-15-9-24/h1-3,6-9,14-15,25-26,33-34H,4-5,10-13,16-22H2/t25-,26+/m0/s1. The molecule has 1 aromatic carbocycles. The van der Waals surface area contributed by atoms with E-state index in [1.807, 2.05) is 42.5 Å². The summed E-state index contributed by atoms with van der Waals surface area (Å²) in [6, 6.07) is 13.6. The van der Waals surface area contributed by atoms with E-state index in [2.05, 4.69) is 9.88 Å². The van der Waals surface area contributed by atoms with Crippen LogP contribution in [0.2, 0.25) is 0 Å². The van der Waals surface area contributed by atoms with Gasteiger partial charge in [-0.1, -0.05) is 36.8 Å². The van der Waals surface area contributed by atoms with Gasteiger partial charge in [-0.3, -0.25) is 19.5 Å². The molecule has 3 heterocycles. The number of esters is 1. The molecule has 0 aliphatic carbocycles. The number of rotatable bonds is 4. The maximum atomic E-state index is 13.3. The van der Waals surface area contributed by atoms with E-state index >= 15 is 0 Å². The van der Waals surface area contributed by atoms with Crippen LogP contribution in [0.3, 0.4) is 0 Å². The van der Waals surface area contributed by atoms with Gasteiger partial charge >= 0.3 is 5.97 Å². The molecule has 0 radical (unpaired) electrons. The average Bonchev–Trinajstić information content (AvgIpc) is 2.93. The van der Waals surface area contributed by atoms with Crippen molar-refractivity contribution in [1.29, 1.82) is 0 Å². The van der Waals surface area contributed by atoms with Crippen molar-refractivity contribution in [3.05, 3.63) is 66.0 Å². The van der Waals surface area contributed by atoms with E-state index in [1.165, 1.54) is 5.56 Å². The first-order valence-electron chi connectivity index (χ1n) is 13.4. The smallest absolute Gasteiger partial charge is 0.312 e. The van der Waals surface area contributed by atoms with Gasteiger partial charge in [0.1, 0.15) is 12.7 Å². The fourth-order valence-electron chi connectivity index (χ4n) is 5.36. The normalized spacial score (nSPS) is 23.9. The van der Waals surface area contributed by atoms with Gasteiger partial charge in [-0.2, -0.15) is 0 Å². The van der Waals surface area contributed by atoms with Crippen LogP contribution in [0.1, 0.15) is 49.7 Å². The Labute approximate surface area is 219 Å². The SMILES string of the molecule is O=C(Cc1ccccc1)N1CCCCC2(CCN(Cc3ccncc3)CC2)C(=O)OC[C@@H](O)[C@@H](O)CC1. The molecule has 37 heavy (non-hydrogen) atoms. The number of aliphatic hydroxyl groups excluding tert-OH is 2. The number of cyclic esters (lactones) is 1. The Morgan fingerprint density at radius 2 is 1.65 bits per heavy atom. The number of likely N-dealkylation sites (tertiary alicyclic amines) is 1. The number of nitrogens with zero attached hydrogens (tertiary/aromatic N) is 3. The van der Waals surface area contributed by atoms with E-state index in [4.69, 9.17) is 4.74 Å². The lowest BCUT2D eigenvalue weighted by atomic mass is 9.74. The molecule has 2 aromatic rings. The highest BCUT2D eigenvalue weighted by Gasteiger charge is 2.42. The first-order chi connectivity index (χ1) is 17.9. The van der Waals surface area contributed by atoms with Crippen LogP contribution in [0.25, 0.3) is 0 Å². The third kappa shape index (κ3) is 7.60. The van der Waals surface area contributed by atoms with Crippen molar-refractivity contribution < 1.29 is 24.5 Å². The molecule has 1 spiro atoms. The molecule has 2 atom stereocenters. The number of piperidine rings is 1. The van der Waals surface area contributed by atoms with Gasteiger partial charge in [0.15, 0.2) is 0 Å². The molecule has 2 fully saturated rings. The van der Waals surface area contributed by atoms with Crippen LogP contribution in [0.4, 0.5) is 0 Å². The largest absolute Gasteiger partial charge is 0.462 e. The van der Waals surface area contributed by atoms with Crippen LogP contribution in [-0.4, -0.2) is 81.9 Å². The molecule has 2 saturated heterocycles. The highest BCUT2D eigenvalue weighted by molar-refractivity contribution is 5.79. The molecule has 0 unspecified atom stereocenters. The Morgan fingerprint density at radius 1 is 0.919 bits per heavy atom. The Kier molecular flexibility index (Phi) is 9.66. The number of hydrogen-bond donors (Lipinski definition) is 2. The second-order valence-corrected chi connectivity index (χ2v) is 10.4. The maximum absolute atomic E-state index is 13.3. The summed E-state index contributed by atoms with van der Waals surface area (Å²) in [7, 11) is 0. The summed E-state index contributed by atoms with van der Waals surface area (Å²) in [5, 5.41) is 21.0. The monoisotopic (exact) mass is 509 g/mol. The van der Waals surface area contributed by atoms with Gasteiger partial charge in [-0.25, -0.2) is 0 Å². The van der Waals surface area contributed by atoms with E-state index < -0.39 is 17.6 Å². The quantitative estimate of drug-likeness (QED) is 0.611. The zero-order chi connectivity index (χ0) is 26.1. The summed E-state index contributed by atoms with van der Waals surface area (Å²) in [5.74, 6) is -0.271.